The molecule has 0 spiro atoms. The fourth-order valence-corrected chi connectivity index (χ4v) is 7.20. The summed E-state index contributed by atoms with van der Waals surface area (Å²) in [6.07, 6.45) is 1.23. The average Bonchev–Trinajstić information content (AvgIpc) is 2.77. The molecule has 2 fully saturated rings. The van der Waals surface area contributed by atoms with E-state index in [2.05, 4.69) is 44.0 Å². The summed E-state index contributed by atoms with van der Waals surface area (Å²) in [6.45, 7) is 11.1. The molecule has 0 aliphatic carbocycles. The average molecular weight is 449 g/mol. The molecule has 2 aliphatic rings. The van der Waals surface area contributed by atoms with Gasteiger partial charge in [-0.25, -0.2) is 0 Å². The summed E-state index contributed by atoms with van der Waals surface area (Å²) >= 11 is 0. The van der Waals surface area contributed by atoms with Crippen LogP contribution in [-0.4, -0.2) is 70.8 Å². The van der Waals surface area contributed by atoms with E-state index in [0.717, 1.165) is 5.56 Å². The third-order valence-corrected chi connectivity index (χ3v) is 11.0. The van der Waals surface area contributed by atoms with Crippen LogP contribution in [0.25, 0.3) is 0 Å². The first-order valence-corrected chi connectivity index (χ1v) is 13.9. The van der Waals surface area contributed by atoms with Crippen molar-refractivity contribution >= 4 is 13.3 Å². The van der Waals surface area contributed by atoms with Crippen LogP contribution in [0.3, 0.4) is 0 Å². The Labute approximate surface area is 186 Å². The van der Waals surface area contributed by atoms with Gasteiger partial charge in [0.05, 0.1) is 34.5 Å². The van der Waals surface area contributed by atoms with E-state index in [4.69, 9.17) is 23.7 Å². The van der Waals surface area contributed by atoms with Gasteiger partial charge in [-0.1, -0.05) is 66.7 Å². The Bertz CT molecular complexity index is 705. The summed E-state index contributed by atoms with van der Waals surface area (Å²) in [5.41, 5.74) is 1.11. The minimum Gasteiger partial charge on any atom is -0.387 e. The van der Waals surface area contributed by atoms with E-state index >= 15 is 0 Å². The summed E-state index contributed by atoms with van der Waals surface area (Å²) in [5.74, 6) is 0. The molecule has 0 bridgehead atoms. The first-order valence-electron chi connectivity index (χ1n) is 11.0. The van der Waals surface area contributed by atoms with E-state index in [-0.39, 0.29) is 13.2 Å². The fourth-order valence-electron chi connectivity index (χ4n) is 4.24. The molecule has 0 aromatic heterocycles. The van der Waals surface area contributed by atoms with Gasteiger partial charge in [-0.3, -0.25) is 0 Å². The lowest BCUT2D eigenvalue weighted by atomic mass is 9.98. The van der Waals surface area contributed by atoms with E-state index < -0.39 is 38.8 Å². The molecule has 0 unspecified atom stereocenters. The van der Waals surface area contributed by atoms with Gasteiger partial charge >= 0.3 is 0 Å². The zero-order valence-electron chi connectivity index (χ0n) is 18.7. The lowest BCUT2D eigenvalue weighted by Crippen LogP contribution is -2.61. The third kappa shape index (κ3) is 5.93. The van der Waals surface area contributed by atoms with Crippen molar-refractivity contribution in [3.05, 3.63) is 55.1 Å². The predicted octanol–water partition coefficient (Wildman–Crippen LogP) is 2.77. The lowest BCUT2D eigenvalue weighted by molar-refractivity contribution is -0.309. The first-order chi connectivity index (χ1) is 15.0. The van der Waals surface area contributed by atoms with Crippen molar-refractivity contribution in [2.24, 2.45) is 0 Å². The molecule has 2 saturated heterocycles. The molecule has 1 aromatic carbocycles. The van der Waals surface area contributed by atoms with Crippen molar-refractivity contribution in [1.82, 2.24) is 0 Å². The molecule has 31 heavy (non-hydrogen) atoms. The summed E-state index contributed by atoms with van der Waals surface area (Å²) in [7, 11) is 0.387. The lowest BCUT2D eigenvalue weighted by Gasteiger charge is -2.43. The highest BCUT2D eigenvalue weighted by Crippen LogP contribution is 2.31. The monoisotopic (exact) mass is 448 g/mol. The van der Waals surface area contributed by atoms with Crippen molar-refractivity contribution in [2.75, 3.05) is 26.9 Å². The van der Waals surface area contributed by atoms with Gasteiger partial charge in [0, 0.05) is 7.11 Å². The molecule has 0 radical (unpaired) electrons. The second kappa shape index (κ2) is 11.5. The molecule has 6 nitrogen and oxygen atoms in total. The molecule has 7 heteroatoms. The Hall–Kier alpha value is -1.32. The van der Waals surface area contributed by atoms with Gasteiger partial charge in [-0.2, -0.15) is 0 Å². The van der Waals surface area contributed by atoms with E-state index in [0.29, 0.717) is 13.2 Å². The molecule has 0 saturated carbocycles. The van der Waals surface area contributed by atoms with Crippen molar-refractivity contribution in [3.63, 3.8) is 0 Å². The van der Waals surface area contributed by atoms with Gasteiger partial charge in [-0.15, -0.1) is 13.2 Å². The SMILES string of the molecule is C=CCO[C@H]1[C@@H](OC)O[C@H](COCc2ccc([Si]3(C)CCC3)cc2)[C@@H](O)[C@@H]1OCC=C. The highest BCUT2D eigenvalue weighted by atomic mass is 28.3. The maximum absolute atomic E-state index is 10.9. The van der Waals surface area contributed by atoms with Gasteiger partial charge in [0.1, 0.15) is 24.4 Å². The minimum absolute atomic E-state index is 0.220. The number of benzene rings is 1. The highest BCUT2D eigenvalue weighted by Gasteiger charge is 2.47. The molecule has 2 heterocycles. The molecule has 2 aliphatic heterocycles. The quantitative estimate of drug-likeness (QED) is 0.392. The van der Waals surface area contributed by atoms with E-state index in [1.807, 2.05) is 0 Å². The Kier molecular flexibility index (Phi) is 9.03. The van der Waals surface area contributed by atoms with Crippen LogP contribution in [0.2, 0.25) is 18.6 Å². The van der Waals surface area contributed by atoms with Gasteiger partial charge in [0.25, 0.3) is 0 Å². The van der Waals surface area contributed by atoms with Crippen LogP contribution in [0, 0.1) is 0 Å². The predicted molar refractivity (Wildman–Crippen MR) is 123 cm³/mol. The number of aliphatic hydroxyl groups is 1. The number of methoxy groups -OCH3 is 1. The molecule has 1 aromatic rings. The molecule has 1 N–H and O–H groups in total. The van der Waals surface area contributed by atoms with Crippen LogP contribution >= 0.6 is 0 Å². The van der Waals surface area contributed by atoms with Crippen molar-refractivity contribution in [3.8, 4) is 0 Å². The van der Waals surface area contributed by atoms with Crippen molar-refractivity contribution in [2.45, 2.75) is 62.4 Å². The third-order valence-electron chi connectivity index (χ3n) is 6.32. The molecule has 0 amide bonds. The van der Waals surface area contributed by atoms with Crippen LogP contribution < -0.4 is 5.19 Å². The summed E-state index contributed by atoms with van der Waals surface area (Å²) in [5, 5.41) is 12.4. The van der Waals surface area contributed by atoms with Crippen LogP contribution in [0.1, 0.15) is 12.0 Å². The van der Waals surface area contributed by atoms with Gasteiger partial charge in [-0.05, 0) is 5.56 Å². The largest absolute Gasteiger partial charge is 0.387 e. The number of hydrogen-bond donors (Lipinski definition) is 1. The maximum Gasteiger partial charge on any atom is 0.186 e. The maximum atomic E-state index is 10.9. The Morgan fingerprint density at radius 3 is 2.29 bits per heavy atom. The van der Waals surface area contributed by atoms with Crippen molar-refractivity contribution < 1.29 is 28.8 Å². The minimum atomic E-state index is -1.16. The summed E-state index contributed by atoms with van der Waals surface area (Å²) in [6, 6.07) is 11.6. The van der Waals surface area contributed by atoms with Gasteiger partial charge < -0.3 is 28.8 Å². The zero-order valence-corrected chi connectivity index (χ0v) is 19.7. The van der Waals surface area contributed by atoms with Crippen LogP contribution in [0.4, 0.5) is 0 Å². The first kappa shape index (κ1) is 24.3. The summed E-state index contributed by atoms with van der Waals surface area (Å²) in [4.78, 5) is 0. The second-order valence-corrected chi connectivity index (χ2v) is 13.3. The Morgan fingerprint density at radius 1 is 1.10 bits per heavy atom. The molecule has 5 atom stereocenters. The molecular formula is C24H36O6Si. The van der Waals surface area contributed by atoms with Gasteiger partial charge in [0.15, 0.2) is 6.29 Å². The van der Waals surface area contributed by atoms with Crippen molar-refractivity contribution in [1.29, 1.82) is 0 Å². The van der Waals surface area contributed by atoms with E-state index in [9.17, 15) is 5.11 Å². The van der Waals surface area contributed by atoms with Crippen LogP contribution in [0.5, 0.6) is 0 Å². The van der Waals surface area contributed by atoms with Crippen LogP contribution in [0.15, 0.2) is 49.6 Å². The molecule has 172 valence electrons. The number of rotatable bonds is 12. The number of ether oxygens (including phenoxy) is 5. The zero-order chi connectivity index (χ0) is 22.3. The highest BCUT2D eigenvalue weighted by molar-refractivity contribution is 6.92. The standard InChI is InChI=1S/C24H36O6Si/c1-5-12-28-22-21(25)20(30-24(26-3)23(22)29-13-6-2)17-27-16-18-8-10-19(11-9-18)31(4)14-7-15-31/h5-6,8-11,20-25H,1-2,7,12-17H2,3-4H3/t20-,21-,22+,23-,24+/m1/s1. The summed E-state index contributed by atoms with van der Waals surface area (Å²) < 4.78 is 28.9. The number of hydrogen-bond acceptors (Lipinski definition) is 6. The normalized spacial score (nSPS) is 29.8. The fraction of sp³-hybridized carbons (Fsp3) is 0.583. The Balaban J connectivity index is 1.57. The van der Waals surface area contributed by atoms with Gasteiger partial charge in [0.2, 0.25) is 0 Å². The topological polar surface area (TPSA) is 66.4 Å². The second-order valence-electron chi connectivity index (χ2n) is 8.57. The molecular weight excluding hydrogens is 412 g/mol. The van der Waals surface area contributed by atoms with E-state index in [1.165, 1.54) is 23.7 Å². The van der Waals surface area contributed by atoms with E-state index in [1.54, 1.807) is 19.3 Å². The Morgan fingerprint density at radius 2 is 1.74 bits per heavy atom. The van der Waals surface area contributed by atoms with Crippen LogP contribution in [-0.2, 0) is 30.3 Å². The number of aliphatic hydroxyl groups excluding tert-OH is 1. The molecule has 3 rings (SSSR count). The smallest absolute Gasteiger partial charge is 0.186 e.